The van der Waals surface area contributed by atoms with Crippen LogP contribution in [0.2, 0.25) is 0 Å². The zero-order valence-electron chi connectivity index (χ0n) is 21.8. The van der Waals surface area contributed by atoms with Crippen LogP contribution >= 0.6 is 0 Å². The van der Waals surface area contributed by atoms with Crippen molar-refractivity contribution in [3.8, 4) is 33.9 Å². The molecule has 4 heterocycles. The average molecular weight is 499 g/mol. The van der Waals surface area contributed by atoms with Crippen molar-refractivity contribution in [2.45, 2.75) is 52.1 Å². The average Bonchev–Trinajstić information content (AvgIpc) is 3.68. The monoisotopic (exact) mass is 498 g/mol. The zero-order valence-corrected chi connectivity index (χ0v) is 21.8. The van der Waals surface area contributed by atoms with E-state index in [9.17, 15) is 4.79 Å². The van der Waals surface area contributed by atoms with Gasteiger partial charge in [0.15, 0.2) is 5.82 Å². The van der Waals surface area contributed by atoms with Crippen molar-refractivity contribution in [1.82, 2.24) is 40.1 Å². The lowest BCUT2D eigenvalue weighted by Gasteiger charge is -2.24. The van der Waals surface area contributed by atoms with Crippen LogP contribution < -0.4 is 5.32 Å². The summed E-state index contributed by atoms with van der Waals surface area (Å²) in [6.45, 7) is 7.01. The summed E-state index contributed by atoms with van der Waals surface area (Å²) in [5.74, 6) is 2.94. The molecule has 1 aliphatic heterocycles. The smallest absolute Gasteiger partial charge is 0.223 e. The minimum atomic E-state index is 0.00565. The lowest BCUT2D eigenvalue weighted by molar-refractivity contribution is -0.133. The molecule has 9 nitrogen and oxygen atoms in total. The molecule has 0 saturated carbocycles. The summed E-state index contributed by atoms with van der Waals surface area (Å²) in [5.41, 5.74) is 4.68. The van der Waals surface area contributed by atoms with Crippen molar-refractivity contribution in [2.75, 3.05) is 13.6 Å². The first-order valence-corrected chi connectivity index (χ1v) is 12.9. The molecule has 2 atom stereocenters. The van der Waals surface area contributed by atoms with Gasteiger partial charge in [-0.05, 0) is 38.3 Å². The maximum Gasteiger partial charge on any atom is 0.223 e. The van der Waals surface area contributed by atoms with Gasteiger partial charge in [0.25, 0.3) is 0 Å². The summed E-state index contributed by atoms with van der Waals surface area (Å²) in [6.07, 6.45) is 9.77. The molecule has 0 unspecified atom stereocenters. The normalized spacial score (nSPS) is 16.5. The van der Waals surface area contributed by atoms with Crippen molar-refractivity contribution < 1.29 is 4.79 Å². The third kappa shape index (κ3) is 5.32. The number of hydrogen-bond acceptors (Lipinski definition) is 6. The lowest BCUT2D eigenvalue weighted by Crippen LogP contribution is -2.31. The Bertz CT molecular complexity index is 1340. The van der Waals surface area contributed by atoms with Crippen molar-refractivity contribution >= 4 is 5.91 Å². The van der Waals surface area contributed by atoms with Gasteiger partial charge in [-0.25, -0.2) is 19.9 Å². The molecule has 37 heavy (non-hydrogen) atoms. The topological polar surface area (TPSA) is 115 Å². The molecule has 4 aromatic rings. The molecule has 1 aromatic carbocycles. The van der Waals surface area contributed by atoms with Crippen LogP contribution in [0.25, 0.3) is 33.9 Å². The van der Waals surface area contributed by atoms with Crippen LogP contribution in [-0.4, -0.2) is 54.3 Å². The van der Waals surface area contributed by atoms with Crippen LogP contribution in [0.1, 0.15) is 63.8 Å². The molecule has 0 bridgehead atoms. The van der Waals surface area contributed by atoms with Gasteiger partial charge in [-0.2, -0.15) is 0 Å². The molecule has 3 N–H and O–H groups in total. The Morgan fingerprint density at radius 1 is 0.946 bits per heavy atom. The first kappa shape index (κ1) is 24.8. The SMILES string of the molecule is CN[C@@H](C)c1ncc(-c2ccc(-c3ncc(-c4cnc([C@@H]5CCCN5C(=O)CC(C)C)[nH]4)cn3)cc2)[nH]1. The van der Waals surface area contributed by atoms with E-state index in [0.29, 0.717) is 18.2 Å². The molecule has 1 fully saturated rings. The van der Waals surface area contributed by atoms with Gasteiger partial charge >= 0.3 is 0 Å². The number of aromatic amines is 2. The number of carbonyl (C=O) groups excluding carboxylic acids is 1. The predicted molar refractivity (Wildman–Crippen MR) is 143 cm³/mol. The van der Waals surface area contributed by atoms with Gasteiger partial charge in [-0.3, -0.25) is 4.79 Å². The second-order valence-electron chi connectivity index (χ2n) is 10.1. The van der Waals surface area contributed by atoms with E-state index in [0.717, 1.165) is 59.1 Å². The predicted octanol–water partition coefficient (Wildman–Crippen LogP) is 4.91. The van der Waals surface area contributed by atoms with Crippen LogP contribution in [0.5, 0.6) is 0 Å². The summed E-state index contributed by atoms with van der Waals surface area (Å²) in [7, 11) is 1.92. The fourth-order valence-corrected chi connectivity index (χ4v) is 4.72. The van der Waals surface area contributed by atoms with E-state index < -0.39 is 0 Å². The molecule has 1 amide bonds. The largest absolute Gasteiger partial charge is 0.341 e. The highest BCUT2D eigenvalue weighted by molar-refractivity contribution is 5.77. The Balaban J connectivity index is 1.28. The van der Waals surface area contributed by atoms with Gasteiger partial charge < -0.3 is 20.2 Å². The number of nitrogens with zero attached hydrogens (tertiary/aromatic N) is 5. The van der Waals surface area contributed by atoms with E-state index in [2.05, 4.69) is 56.0 Å². The molecular weight excluding hydrogens is 464 g/mol. The minimum absolute atomic E-state index is 0.00565. The molecule has 0 aliphatic carbocycles. The Morgan fingerprint density at radius 3 is 2.32 bits per heavy atom. The summed E-state index contributed by atoms with van der Waals surface area (Å²) < 4.78 is 0. The highest BCUT2D eigenvalue weighted by Gasteiger charge is 2.32. The first-order chi connectivity index (χ1) is 17.9. The number of rotatable bonds is 8. The van der Waals surface area contributed by atoms with Crippen LogP contribution in [0.15, 0.2) is 49.1 Å². The second kappa shape index (κ2) is 10.6. The Morgan fingerprint density at radius 2 is 1.62 bits per heavy atom. The van der Waals surface area contributed by atoms with Crippen LogP contribution in [0, 0.1) is 5.92 Å². The fourth-order valence-electron chi connectivity index (χ4n) is 4.72. The van der Waals surface area contributed by atoms with Gasteiger partial charge in [0.1, 0.15) is 11.6 Å². The van der Waals surface area contributed by atoms with Gasteiger partial charge in [-0.1, -0.05) is 38.1 Å². The summed E-state index contributed by atoms with van der Waals surface area (Å²) in [5, 5.41) is 3.19. The highest BCUT2D eigenvalue weighted by Crippen LogP contribution is 2.32. The maximum atomic E-state index is 12.7. The van der Waals surface area contributed by atoms with Crippen molar-refractivity contribution in [3.05, 3.63) is 60.7 Å². The fraction of sp³-hybridized carbons (Fsp3) is 0.393. The highest BCUT2D eigenvalue weighted by atomic mass is 16.2. The number of nitrogens with one attached hydrogen (secondary N) is 3. The van der Waals surface area contributed by atoms with Crippen LogP contribution in [0.4, 0.5) is 0 Å². The molecule has 1 saturated heterocycles. The standard InChI is InChI=1S/C28H34N8O/c1-17(2)12-25(37)36-11-5-6-24(36)28-33-16-23(35-28)21-13-30-27(31-14-21)20-9-7-19(8-10-20)22-15-32-26(34-22)18(3)29-4/h7-10,13-18,24,29H,5-6,11-12H2,1-4H3,(H,32,34)(H,33,35)/t18-,24-/m0/s1. The first-order valence-electron chi connectivity index (χ1n) is 12.9. The molecular formula is C28H34N8O. The van der Waals surface area contributed by atoms with E-state index in [-0.39, 0.29) is 18.0 Å². The number of benzene rings is 1. The van der Waals surface area contributed by atoms with Gasteiger partial charge in [0.05, 0.1) is 35.9 Å². The number of aromatic nitrogens is 6. The lowest BCUT2D eigenvalue weighted by atomic mass is 10.1. The van der Waals surface area contributed by atoms with E-state index >= 15 is 0 Å². The second-order valence-corrected chi connectivity index (χ2v) is 10.1. The Kier molecular flexibility index (Phi) is 7.14. The molecule has 0 spiro atoms. The van der Waals surface area contributed by atoms with Crippen LogP contribution in [0.3, 0.4) is 0 Å². The summed E-state index contributed by atoms with van der Waals surface area (Å²) in [6, 6.07) is 8.29. The minimum Gasteiger partial charge on any atom is -0.341 e. The van der Waals surface area contributed by atoms with Gasteiger partial charge in [0, 0.05) is 36.5 Å². The molecule has 5 rings (SSSR count). The molecule has 3 aromatic heterocycles. The Hall–Kier alpha value is -3.85. The van der Waals surface area contributed by atoms with Crippen LogP contribution in [-0.2, 0) is 4.79 Å². The summed E-state index contributed by atoms with van der Waals surface area (Å²) >= 11 is 0. The molecule has 192 valence electrons. The van der Waals surface area contributed by atoms with Gasteiger partial charge in [0.2, 0.25) is 5.91 Å². The van der Waals surface area contributed by atoms with E-state index in [4.69, 9.17) is 0 Å². The number of likely N-dealkylation sites (tertiary alicyclic amines) is 1. The maximum absolute atomic E-state index is 12.7. The molecule has 9 heteroatoms. The quantitative estimate of drug-likeness (QED) is 0.318. The van der Waals surface area contributed by atoms with Crippen molar-refractivity contribution in [1.29, 1.82) is 0 Å². The molecule has 0 radical (unpaired) electrons. The zero-order chi connectivity index (χ0) is 25.9. The number of imidazole rings is 2. The van der Waals surface area contributed by atoms with Crippen molar-refractivity contribution in [3.63, 3.8) is 0 Å². The van der Waals surface area contributed by atoms with Gasteiger partial charge in [-0.15, -0.1) is 0 Å². The van der Waals surface area contributed by atoms with E-state index in [1.807, 2.05) is 54.8 Å². The number of hydrogen-bond donors (Lipinski definition) is 3. The van der Waals surface area contributed by atoms with Crippen molar-refractivity contribution in [2.24, 2.45) is 5.92 Å². The number of amides is 1. The Labute approximate surface area is 217 Å². The third-order valence-electron chi connectivity index (χ3n) is 6.92. The number of H-pyrrole nitrogens is 2. The summed E-state index contributed by atoms with van der Waals surface area (Å²) in [4.78, 5) is 39.7. The van der Waals surface area contributed by atoms with E-state index in [1.165, 1.54) is 0 Å². The molecule has 1 aliphatic rings. The van der Waals surface area contributed by atoms with E-state index in [1.54, 1.807) is 6.20 Å². The third-order valence-corrected chi connectivity index (χ3v) is 6.92. The number of carbonyl (C=O) groups is 1.